The van der Waals surface area contributed by atoms with Gasteiger partial charge in [0.2, 0.25) is 5.91 Å². The standard InChI is InChI=1S/C16H24ClN3O/c1-12-3-2-4-15(9-18)20(12)11-16(21)19-10-13-5-7-14(17)8-6-13/h5-8,12,15H,2-4,9-11,18H2,1H3,(H,19,21). The molecule has 0 bridgehead atoms. The Balaban J connectivity index is 1.84. The van der Waals surface area contributed by atoms with Crippen molar-refractivity contribution in [1.29, 1.82) is 0 Å². The number of benzene rings is 1. The third kappa shape index (κ3) is 4.70. The highest BCUT2D eigenvalue weighted by atomic mass is 35.5. The van der Waals surface area contributed by atoms with Crippen LogP contribution < -0.4 is 11.1 Å². The van der Waals surface area contributed by atoms with Crippen LogP contribution in [0, 0.1) is 0 Å². The average molecular weight is 310 g/mol. The van der Waals surface area contributed by atoms with E-state index in [1.54, 1.807) is 0 Å². The minimum Gasteiger partial charge on any atom is -0.351 e. The summed E-state index contributed by atoms with van der Waals surface area (Å²) in [5.74, 6) is 0.0529. The number of piperidine rings is 1. The highest BCUT2D eigenvalue weighted by molar-refractivity contribution is 6.30. The molecular weight excluding hydrogens is 286 g/mol. The molecule has 1 heterocycles. The van der Waals surface area contributed by atoms with Gasteiger partial charge in [-0.3, -0.25) is 9.69 Å². The van der Waals surface area contributed by atoms with Gasteiger partial charge in [-0.1, -0.05) is 30.2 Å². The second-order valence-corrected chi connectivity index (χ2v) is 6.18. The number of amides is 1. The minimum atomic E-state index is 0.0529. The van der Waals surface area contributed by atoms with Crippen LogP contribution in [0.5, 0.6) is 0 Å². The van der Waals surface area contributed by atoms with Gasteiger partial charge in [0.15, 0.2) is 0 Å². The van der Waals surface area contributed by atoms with E-state index in [-0.39, 0.29) is 5.91 Å². The van der Waals surface area contributed by atoms with Crippen molar-refractivity contribution in [2.75, 3.05) is 13.1 Å². The lowest BCUT2D eigenvalue weighted by Crippen LogP contribution is -2.52. The quantitative estimate of drug-likeness (QED) is 0.876. The average Bonchev–Trinajstić information content (AvgIpc) is 2.49. The van der Waals surface area contributed by atoms with Gasteiger partial charge in [-0.15, -0.1) is 0 Å². The predicted molar refractivity (Wildman–Crippen MR) is 86.2 cm³/mol. The highest BCUT2D eigenvalue weighted by Gasteiger charge is 2.28. The molecule has 1 aromatic rings. The largest absolute Gasteiger partial charge is 0.351 e. The molecule has 3 N–H and O–H groups in total. The Kier molecular flexibility index (Phi) is 6.03. The van der Waals surface area contributed by atoms with Crippen LogP contribution in [0.2, 0.25) is 5.02 Å². The van der Waals surface area contributed by atoms with Crippen molar-refractivity contribution in [3.05, 3.63) is 34.9 Å². The number of hydrogen-bond acceptors (Lipinski definition) is 3. The van der Waals surface area contributed by atoms with Crippen molar-refractivity contribution in [1.82, 2.24) is 10.2 Å². The molecule has 0 saturated carbocycles. The maximum Gasteiger partial charge on any atom is 0.234 e. The normalized spacial score (nSPS) is 23.0. The van der Waals surface area contributed by atoms with Crippen molar-refractivity contribution in [3.8, 4) is 0 Å². The first-order chi connectivity index (χ1) is 10.1. The summed E-state index contributed by atoms with van der Waals surface area (Å²) < 4.78 is 0. The summed E-state index contributed by atoms with van der Waals surface area (Å²) in [5, 5.41) is 3.67. The first-order valence-electron chi connectivity index (χ1n) is 7.57. The number of hydrogen-bond donors (Lipinski definition) is 2. The topological polar surface area (TPSA) is 58.4 Å². The van der Waals surface area contributed by atoms with Gasteiger partial charge in [-0.2, -0.15) is 0 Å². The van der Waals surface area contributed by atoms with Crippen molar-refractivity contribution < 1.29 is 4.79 Å². The first kappa shape index (κ1) is 16.3. The molecule has 116 valence electrons. The van der Waals surface area contributed by atoms with Crippen LogP contribution in [0.3, 0.4) is 0 Å². The van der Waals surface area contributed by atoms with Crippen molar-refractivity contribution in [2.24, 2.45) is 5.73 Å². The van der Waals surface area contributed by atoms with Crippen LogP contribution >= 0.6 is 11.6 Å². The second-order valence-electron chi connectivity index (χ2n) is 5.74. The van der Waals surface area contributed by atoms with Crippen LogP contribution in [0.15, 0.2) is 24.3 Å². The lowest BCUT2D eigenvalue weighted by atomic mass is 9.96. The van der Waals surface area contributed by atoms with E-state index in [1.807, 2.05) is 24.3 Å². The second kappa shape index (κ2) is 7.78. The van der Waals surface area contributed by atoms with Crippen LogP contribution in [-0.4, -0.2) is 36.0 Å². The number of halogens is 1. The summed E-state index contributed by atoms with van der Waals surface area (Å²) in [6.45, 7) is 3.76. The highest BCUT2D eigenvalue weighted by Crippen LogP contribution is 2.21. The molecule has 21 heavy (non-hydrogen) atoms. The summed E-state index contributed by atoms with van der Waals surface area (Å²) >= 11 is 5.85. The van der Waals surface area contributed by atoms with Crippen molar-refractivity contribution >= 4 is 17.5 Å². The Bertz CT molecular complexity index is 463. The zero-order valence-electron chi connectivity index (χ0n) is 12.5. The molecule has 0 aromatic heterocycles. The fourth-order valence-electron chi connectivity index (χ4n) is 2.90. The summed E-state index contributed by atoms with van der Waals surface area (Å²) in [6.07, 6.45) is 3.43. The molecule has 2 atom stereocenters. The Morgan fingerprint density at radius 2 is 2.10 bits per heavy atom. The number of rotatable bonds is 5. The SMILES string of the molecule is CC1CCCC(CN)N1CC(=O)NCc1ccc(Cl)cc1. The van der Waals surface area contributed by atoms with Gasteiger partial charge in [-0.05, 0) is 37.5 Å². The van der Waals surface area contributed by atoms with E-state index in [2.05, 4.69) is 17.1 Å². The van der Waals surface area contributed by atoms with E-state index >= 15 is 0 Å². The van der Waals surface area contributed by atoms with E-state index in [0.29, 0.717) is 36.7 Å². The van der Waals surface area contributed by atoms with E-state index in [0.717, 1.165) is 18.4 Å². The van der Waals surface area contributed by atoms with Gasteiger partial charge < -0.3 is 11.1 Å². The van der Waals surface area contributed by atoms with Crippen LogP contribution in [-0.2, 0) is 11.3 Å². The van der Waals surface area contributed by atoms with E-state index in [9.17, 15) is 4.79 Å². The fraction of sp³-hybridized carbons (Fsp3) is 0.562. The molecule has 2 rings (SSSR count). The summed E-state index contributed by atoms with van der Waals surface area (Å²) in [5.41, 5.74) is 6.88. The molecule has 1 fully saturated rings. The van der Waals surface area contributed by atoms with Crippen LogP contribution in [0.4, 0.5) is 0 Å². The van der Waals surface area contributed by atoms with E-state index < -0.39 is 0 Å². The van der Waals surface area contributed by atoms with E-state index in [1.165, 1.54) is 6.42 Å². The molecule has 1 amide bonds. The molecule has 0 radical (unpaired) electrons. The number of nitrogens with two attached hydrogens (primary N) is 1. The molecule has 1 aliphatic rings. The van der Waals surface area contributed by atoms with Gasteiger partial charge in [0, 0.05) is 30.2 Å². The fourth-order valence-corrected chi connectivity index (χ4v) is 3.03. The van der Waals surface area contributed by atoms with Gasteiger partial charge in [0.25, 0.3) is 0 Å². The Hall–Kier alpha value is -1.10. The van der Waals surface area contributed by atoms with Crippen molar-refractivity contribution in [3.63, 3.8) is 0 Å². The third-order valence-electron chi connectivity index (χ3n) is 4.20. The Morgan fingerprint density at radius 3 is 2.76 bits per heavy atom. The zero-order valence-corrected chi connectivity index (χ0v) is 13.3. The number of nitrogens with zero attached hydrogens (tertiary/aromatic N) is 1. The van der Waals surface area contributed by atoms with Gasteiger partial charge in [-0.25, -0.2) is 0 Å². The molecular formula is C16H24ClN3O. The van der Waals surface area contributed by atoms with Crippen LogP contribution in [0.1, 0.15) is 31.7 Å². The lowest BCUT2D eigenvalue weighted by Gasteiger charge is -2.39. The van der Waals surface area contributed by atoms with Crippen molar-refractivity contribution in [2.45, 2.75) is 44.8 Å². The molecule has 1 aliphatic heterocycles. The maximum absolute atomic E-state index is 12.1. The molecule has 1 aromatic carbocycles. The first-order valence-corrected chi connectivity index (χ1v) is 7.95. The summed E-state index contributed by atoms with van der Waals surface area (Å²) in [6, 6.07) is 8.27. The molecule has 4 nitrogen and oxygen atoms in total. The Labute approximate surface area is 131 Å². The summed E-state index contributed by atoms with van der Waals surface area (Å²) in [7, 11) is 0. The van der Waals surface area contributed by atoms with Gasteiger partial charge in [0.05, 0.1) is 6.54 Å². The number of likely N-dealkylation sites (tertiary alicyclic amines) is 1. The van der Waals surface area contributed by atoms with Gasteiger partial charge >= 0.3 is 0 Å². The molecule has 1 saturated heterocycles. The van der Waals surface area contributed by atoms with E-state index in [4.69, 9.17) is 17.3 Å². The zero-order chi connectivity index (χ0) is 15.2. The Morgan fingerprint density at radius 1 is 1.38 bits per heavy atom. The monoisotopic (exact) mass is 309 g/mol. The molecule has 5 heteroatoms. The van der Waals surface area contributed by atoms with Gasteiger partial charge in [0.1, 0.15) is 0 Å². The molecule has 0 spiro atoms. The molecule has 2 unspecified atom stereocenters. The number of carbonyl (C=O) groups is 1. The third-order valence-corrected chi connectivity index (χ3v) is 4.45. The number of carbonyl (C=O) groups excluding carboxylic acids is 1. The minimum absolute atomic E-state index is 0.0529. The smallest absolute Gasteiger partial charge is 0.234 e. The number of nitrogens with one attached hydrogen (secondary N) is 1. The maximum atomic E-state index is 12.1. The van der Waals surface area contributed by atoms with Crippen LogP contribution in [0.25, 0.3) is 0 Å². The lowest BCUT2D eigenvalue weighted by molar-refractivity contribution is -0.124. The predicted octanol–water partition coefficient (Wildman–Crippen LogP) is 2.16. The molecule has 0 aliphatic carbocycles. The summed E-state index contributed by atoms with van der Waals surface area (Å²) in [4.78, 5) is 14.4.